The summed E-state index contributed by atoms with van der Waals surface area (Å²) in [6.45, 7) is 2.01. The van der Waals surface area contributed by atoms with Crippen LogP contribution >= 0.6 is 23.1 Å². The maximum atomic E-state index is 12.9. The number of nitrogens with zero attached hydrogens (tertiary/aromatic N) is 3. The van der Waals surface area contributed by atoms with Gasteiger partial charge >= 0.3 is 0 Å². The molecular weight excluding hydrogens is 396 g/mol. The molecule has 28 heavy (non-hydrogen) atoms. The van der Waals surface area contributed by atoms with Crippen molar-refractivity contribution >= 4 is 51.5 Å². The largest absolute Gasteiger partial charge is 0.296 e. The van der Waals surface area contributed by atoms with Crippen molar-refractivity contribution in [3.05, 3.63) is 75.8 Å². The summed E-state index contributed by atoms with van der Waals surface area (Å²) in [5.74, 6) is 0.506. The quantitative estimate of drug-likeness (QED) is 0.150. The Morgan fingerprint density at radius 3 is 2.71 bits per heavy atom. The van der Waals surface area contributed by atoms with Gasteiger partial charge in [0.25, 0.3) is 11.6 Å². The van der Waals surface area contributed by atoms with Crippen LogP contribution in [0.2, 0.25) is 0 Å². The van der Waals surface area contributed by atoms with E-state index in [1.807, 2.05) is 25.1 Å². The fraction of sp³-hybridized carbons (Fsp3) is 0.105. The summed E-state index contributed by atoms with van der Waals surface area (Å²) in [5.41, 5.74) is 1.59. The lowest BCUT2D eigenvalue weighted by atomic mass is 10.0. The molecule has 0 radical (unpaired) electrons. The van der Waals surface area contributed by atoms with Gasteiger partial charge in [0.15, 0.2) is 4.34 Å². The van der Waals surface area contributed by atoms with E-state index in [1.54, 1.807) is 42.1 Å². The second-order valence-electron chi connectivity index (χ2n) is 5.54. The zero-order chi connectivity index (χ0) is 19.9. The van der Waals surface area contributed by atoms with Crippen molar-refractivity contribution in [1.82, 2.24) is 10.2 Å². The van der Waals surface area contributed by atoms with E-state index in [4.69, 9.17) is 0 Å². The number of nitro groups is 1. The number of nitro benzene ring substituents is 1. The van der Waals surface area contributed by atoms with Gasteiger partial charge in [-0.2, -0.15) is 0 Å². The first-order valence-corrected chi connectivity index (χ1v) is 10.2. The zero-order valence-corrected chi connectivity index (χ0v) is 16.5. The highest BCUT2D eigenvalue weighted by Gasteiger charge is 2.16. The van der Waals surface area contributed by atoms with Crippen LogP contribution in [0, 0.1) is 10.1 Å². The molecule has 0 unspecified atom stereocenters. The minimum absolute atomic E-state index is 0.0353. The molecule has 0 bridgehead atoms. The number of non-ortho nitro benzene ring substituents is 1. The molecule has 0 saturated carbocycles. The van der Waals surface area contributed by atoms with Crippen molar-refractivity contribution in [2.45, 2.75) is 11.3 Å². The van der Waals surface area contributed by atoms with Crippen LogP contribution in [0.15, 0.2) is 58.9 Å². The Morgan fingerprint density at radius 2 is 2.00 bits per heavy atom. The van der Waals surface area contributed by atoms with Crippen LogP contribution in [-0.2, 0) is 4.79 Å². The number of carbonyl (C=O) groups is 1. The summed E-state index contributed by atoms with van der Waals surface area (Å²) in [6.07, 6.45) is 1.63. The Morgan fingerprint density at radius 1 is 1.21 bits per heavy atom. The highest BCUT2D eigenvalue weighted by molar-refractivity contribution is 8.01. The summed E-state index contributed by atoms with van der Waals surface area (Å²) >= 11 is 2.85. The summed E-state index contributed by atoms with van der Waals surface area (Å²) in [4.78, 5) is 23.5. The first-order valence-electron chi connectivity index (χ1n) is 8.36. The number of amides is 1. The Bertz CT molecular complexity index is 1020. The molecule has 1 amide bonds. The van der Waals surface area contributed by atoms with Crippen molar-refractivity contribution < 1.29 is 9.72 Å². The molecule has 0 atom stereocenters. The van der Waals surface area contributed by atoms with Gasteiger partial charge in [0, 0.05) is 17.7 Å². The first-order chi connectivity index (χ1) is 13.6. The Labute approximate surface area is 169 Å². The van der Waals surface area contributed by atoms with Crippen LogP contribution in [-0.4, -0.2) is 26.8 Å². The summed E-state index contributed by atoms with van der Waals surface area (Å²) in [5, 5.41) is 22.2. The number of aromatic nitrogens is 2. The molecule has 9 heteroatoms. The number of hydrogen-bond acceptors (Lipinski definition) is 7. The van der Waals surface area contributed by atoms with E-state index >= 15 is 0 Å². The predicted molar refractivity (Wildman–Crippen MR) is 112 cm³/mol. The van der Waals surface area contributed by atoms with E-state index in [2.05, 4.69) is 15.5 Å². The monoisotopic (exact) mass is 412 g/mol. The maximum absolute atomic E-state index is 12.9. The molecule has 0 saturated heterocycles. The van der Waals surface area contributed by atoms with E-state index in [0.29, 0.717) is 21.8 Å². The van der Waals surface area contributed by atoms with E-state index in [9.17, 15) is 14.9 Å². The number of nitrogens with one attached hydrogen (secondary N) is 1. The Hall–Kier alpha value is -3.04. The smallest absolute Gasteiger partial charge is 0.270 e. The number of benzene rings is 2. The molecule has 0 aliphatic heterocycles. The van der Waals surface area contributed by atoms with Crippen molar-refractivity contribution in [2.75, 3.05) is 11.1 Å². The number of thioether (sulfide) groups is 1. The fourth-order valence-electron chi connectivity index (χ4n) is 2.40. The fourth-order valence-corrected chi connectivity index (χ4v) is 4.04. The minimum atomic E-state index is -0.465. The van der Waals surface area contributed by atoms with E-state index in [-0.39, 0.29) is 11.6 Å². The first kappa shape index (κ1) is 19.7. The molecule has 1 heterocycles. The SMILES string of the molecule is CCSc1nnc(NC(=O)/C(=C/c2cccc([N+](=O)[O-])c2)c2ccccc2)s1. The van der Waals surface area contributed by atoms with Gasteiger partial charge in [0.1, 0.15) is 0 Å². The van der Waals surface area contributed by atoms with E-state index in [1.165, 1.54) is 23.5 Å². The molecule has 1 aromatic heterocycles. The third-order valence-corrected chi connectivity index (χ3v) is 5.47. The molecule has 3 rings (SSSR count). The second-order valence-corrected chi connectivity index (χ2v) is 8.03. The van der Waals surface area contributed by atoms with Crippen molar-refractivity contribution in [1.29, 1.82) is 0 Å². The van der Waals surface area contributed by atoms with Crippen LogP contribution in [0.3, 0.4) is 0 Å². The number of carbonyl (C=O) groups excluding carboxylic acids is 1. The van der Waals surface area contributed by atoms with Crippen molar-refractivity contribution in [2.24, 2.45) is 0 Å². The van der Waals surface area contributed by atoms with Gasteiger partial charge in [0.05, 0.1) is 4.92 Å². The number of anilines is 1. The highest BCUT2D eigenvalue weighted by atomic mass is 32.2. The molecule has 0 aliphatic rings. The molecular formula is C19H16N4O3S2. The second kappa shape index (κ2) is 9.25. The topological polar surface area (TPSA) is 98.0 Å². The molecule has 7 nitrogen and oxygen atoms in total. The number of rotatable bonds is 7. The minimum Gasteiger partial charge on any atom is -0.296 e. The molecule has 142 valence electrons. The van der Waals surface area contributed by atoms with Crippen LogP contribution in [0.4, 0.5) is 10.8 Å². The summed E-state index contributed by atoms with van der Waals surface area (Å²) in [6, 6.07) is 15.3. The lowest BCUT2D eigenvalue weighted by Gasteiger charge is -2.08. The maximum Gasteiger partial charge on any atom is 0.270 e. The normalized spacial score (nSPS) is 11.2. The van der Waals surface area contributed by atoms with Crippen molar-refractivity contribution in [3.8, 4) is 0 Å². The van der Waals surface area contributed by atoms with Gasteiger partial charge in [-0.1, -0.05) is 72.5 Å². The van der Waals surface area contributed by atoms with Crippen LogP contribution in [0.25, 0.3) is 11.6 Å². The van der Waals surface area contributed by atoms with Crippen LogP contribution in [0.1, 0.15) is 18.1 Å². The molecule has 3 aromatic rings. The molecule has 1 N–H and O–H groups in total. The van der Waals surface area contributed by atoms with Crippen LogP contribution < -0.4 is 5.32 Å². The van der Waals surface area contributed by atoms with Crippen molar-refractivity contribution in [3.63, 3.8) is 0 Å². The van der Waals surface area contributed by atoms with Gasteiger partial charge in [-0.15, -0.1) is 10.2 Å². The lowest BCUT2D eigenvalue weighted by molar-refractivity contribution is -0.384. The molecule has 0 aliphatic carbocycles. The lowest BCUT2D eigenvalue weighted by Crippen LogP contribution is -2.13. The van der Waals surface area contributed by atoms with Gasteiger partial charge in [-0.25, -0.2) is 0 Å². The molecule has 0 fully saturated rings. The zero-order valence-electron chi connectivity index (χ0n) is 14.9. The third kappa shape index (κ3) is 5.02. The predicted octanol–water partition coefficient (Wildman–Crippen LogP) is 4.74. The van der Waals surface area contributed by atoms with Crippen LogP contribution in [0.5, 0.6) is 0 Å². The van der Waals surface area contributed by atoms with E-state index in [0.717, 1.165) is 10.1 Å². The average Bonchev–Trinajstić information content (AvgIpc) is 3.14. The van der Waals surface area contributed by atoms with Gasteiger partial charge < -0.3 is 0 Å². The molecule has 2 aromatic carbocycles. The van der Waals surface area contributed by atoms with Gasteiger partial charge in [0.2, 0.25) is 5.13 Å². The summed E-state index contributed by atoms with van der Waals surface area (Å²) < 4.78 is 0.779. The molecule has 0 spiro atoms. The van der Waals surface area contributed by atoms with Gasteiger partial charge in [-0.05, 0) is 23.0 Å². The Kier molecular flexibility index (Phi) is 6.51. The van der Waals surface area contributed by atoms with Gasteiger partial charge in [-0.3, -0.25) is 20.2 Å². The standard InChI is InChI=1S/C19H16N4O3S2/c1-2-27-19-22-21-18(28-19)20-17(24)16(14-8-4-3-5-9-14)12-13-7-6-10-15(11-13)23(25)26/h3-12H,2H2,1H3,(H,20,21,24)/b16-12+. The van der Waals surface area contributed by atoms with E-state index < -0.39 is 4.92 Å². The number of hydrogen-bond donors (Lipinski definition) is 1. The Balaban J connectivity index is 1.94. The third-order valence-electron chi connectivity index (χ3n) is 3.62. The average molecular weight is 412 g/mol. The highest BCUT2D eigenvalue weighted by Crippen LogP contribution is 2.27. The summed E-state index contributed by atoms with van der Waals surface area (Å²) in [7, 11) is 0.